The fraction of sp³-hybridized carbons (Fsp3) is 0.500. The van der Waals surface area contributed by atoms with Gasteiger partial charge in [0, 0.05) is 11.6 Å². The van der Waals surface area contributed by atoms with Gasteiger partial charge in [0.05, 0.1) is 0 Å². The van der Waals surface area contributed by atoms with E-state index in [-0.39, 0.29) is 12.1 Å². The second-order valence-electron chi connectivity index (χ2n) is 6.34. The summed E-state index contributed by atoms with van der Waals surface area (Å²) in [7, 11) is 0. The Hall–Kier alpha value is -1.55. The molecule has 0 heterocycles. The highest BCUT2D eigenvalue weighted by Crippen LogP contribution is 2.23. The number of hydrogen-bond donors (Lipinski definition) is 1. The quantitative estimate of drug-likeness (QED) is 0.851. The van der Waals surface area contributed by atoms with Crippen LogP contribution in [0.25, 0.3) is 0 Å². The Morgan fingerprint density at radius 1 is 1.29 bits per heavy atom. The number of ether oxygens (including phenoxy) is 1. The average Bonchev–Trinajstić information content (AvgIpc) is 2.35. The molecule has 0 spiro atoms. The van der Waals surface area contributed by atoms with Crippen LogP contribution in [0.2, 0.25) is 0 Å². The Morgan fingerprint density at radius 3 is 2.62 bits per heavy atom. The summed E-state index contributed by atoms with van der Waals surface area (Å²) in [5, 5.41) is 2.46. The fourth-order valence-electron chi connectivity index (χ4n) is 2.47. The SMILES string of the molecule is CC(C)(C)OC(=O)NC1CCc2cc(C(=O)Cl)ccc2C1. The van der Waals surface area contributed by atoms with Crippen LogP contribution in [0.4, 0.5) is 4.79 Å². The van der Waals surface area contributed by atoms with Crippen molar-refractivity contribution in [3.05, 3.63) is 34.9 Å². The molecule has 1 aliphatic carbocycles. The number of amides is 1. The number of carbonyl (C=O) groups excluding carboxylic acids is 2. The minimum atomic E-state index is -0.494. The Balaban J connectivity index is 2.00. The monoisotopic (exact) mass is 309 g/mol. The van der Waals surface area contributed by atoms with Crippen molar-refractivity contribution in [2.75, 3.05) is 0 Å². The first-order valence-corrected chi connectivity index (χ1v) is 7.43. The molecular formula is C16H20ClNO3. The lowest BCUT2D eigenvalue weighted by Gasteiger charge is -2.27. The van der Waals surface area contributed by atoms with Gasteiger partial charge in [-0.25, -0.2) is 4.79 Å². The Kier molecular flexibility index (Phi) is 4.57. The lowest BCUT2D eigenvalue weighted by Crippen LogP contribution is -2.41. The molecule has 4 nitrogen and oxygen atoms in total. The van der Waals surface area contributed by atoms with Gasteiger partial charge >= 0.3 is 6.09 Å². The molecule has 21 heavy (non-hydrogen) atoms. The van der Waals surface area contributed by atoms with Crippen molar-refractivity contribution >= 4 is 22.9 Å². The summed E-state index contributed by atoms with van der Waals surface area (Å²) in [6.45, 7) is 5.52. The third kappa shape index (κ3) is 4.46. The van der Waals surface area contributed by atoms with Gasteiger partial charge in [-0.3, -0.25) is 4.79 Å². The number of carbonyl (C=O) groups is 2. The van der Waals surface area contributed by atoms with E-state index in [2.05, 4.69) is 5.32 Å². The third-order valence-corrected chi connectivity index (χ3v) is 3.60. The second-order valence-corrected chi connectivity index (χ2v) is 6.69. The van der Waals surface area contributed by atoms with Crippen molar-refractivity contribution in [1.82, 2.24) is 5.32 Å². The highest BCUT2D eigenvalue weighted by atomic mass is 35.5. The van der Waals surface area contributed by atoms with Crippen LogP contribution in [0.3, 0.4) is 0 Å². The number of fused-ring (bicyclic) bond motifs is 1. The van der Waals surface area contributed by atoms with Gasteiger partial charge in [-0.05, 0) is 74.9 Å². The van der Waals surface area contributed by atoms with Gasteiger partial charge in [0.2, 0.25) is 0 Å². The van der Waals surface area contributed by atoms with Crippen LogP contribution in [-0.4, -0.2) is 23.0 Å². The van der Waals surface area contributed by atoms with Crippen LogP contribution in [0, 0.1) is 0 Å². The molecule has 1 aliphatic rings. The van der Waals surface area contributed by atoms with Gasteiger partial charge in [-0.2, -0.15) is 0 Å². The summed E-state index contributed by atoms with van der Waals surface area (Å²) in [5.41, 5.74) is 2.30. The largest absolute Gasteiger partial charge is 0.444 e. The molecule has 0 aromatic heterocycles. The Labute approximate surface area is 129 Å². The van der Waals surface area contributed by atoms with Crippen LogP contribution < -0.4 is 5.32 Å². The number of nitrogens with one attached hydrogen (secondary N) is 1. The van der Waals surface area contributed by atoms with Crippen molar-refractivity contribution in [2.45, 2.75) is 51.7 Å². The number of hydrogen-bond acceptors (Lipinski definition) is 3. The van der Waals surface area contributed by atoms with E-state index >= 15 is 0 Å². The zero-order valence-electron chi connectivity index (χ0n) is 12.5. The first-order chi connectivity index (χ1) is 9.74. The molecule has 1 atom stereocenters. The van der Waals surface area contributed by atoms with Gasteiger partial charge in [-0.1, -0.05) is 6.07 Å². The van der Waals surface area contributed by atoms with Crippen LogP contribution in [0.5, 0.6) is 0 Å². The topological polar surface area (TPSA) is 55.4 Å². The van der Waals surface area contributed by atoms with E-state index in [9.17, 15) is 9.59 Å². The molecule has 114 valence electrons. The molecule has 1 amide bonds. The highest BCUT2D eigenvalue weighted by molar-refractivity contribution is 6.67. The molecule has 1 N–H and O–H groups in total. The normalized spacial score (nSPS) is 17.8. The molecule has 0 aliphatic heterocycles. The van der Waals surface area contributed by atoms with Gasteiger partial charge in [0.25, 0.3) is 5.24 Å². The maximum atomic E-state index is 11.8. The van der Waals surface area contributed by atoms with E-state index in [0.717, 1.165) is 30.4 Å². The molecule has 0 saturated carbocycles. The number of halogens is 1. The maximum Gasteiger partial charge on any atom is 0.407 e. The minimum absolute atomic E-state index is 0.0601. The van der Waals surface area contributed by atoms with Crippen molar-refractivity contribution in [3.8, 4) is 0 Å². The van der Waals surface area contributed by atoms with Gasteiger partial charge < -0.3 is 10.1 Å². The summed E-state index contributed by atoms with van der Waals surface area (Å²) in [6, 6.07) is 5.54. The van der Waals surface area contributed by atoms with E-state index in [1.807, 2.05) is 32.9 Å². The number of alkyl carbamates (subject to hydrolysis) is 1. The first kappa shape index (κ1) is 15.8. The number of aryl methyl sites for hydroxylation is 1. The van der Waals surface area contributed by atoms with Gasteiger partial charge in [-0.15, -0.1) is 0 Å². The van der Waals surface area contributed by atoms with Gasteiger partial charge in [0.15, 0.2) is 0 Å². The van der Waals surface area contributed by atoms with E-state index in [1.54, 1.807) is 6.07 Å². The van der Waals surface area contributed by atoms with E-state index < -0.39 is 10.8 Å². The molecule has 5 heteroatoms. The Morgan fingerprint density at radius 2 is 2.00 bits per heavy atom. The predicted octanol–water partition coefficient (Wildman–Crippen LogP) is 3.45. The molecule has 0 radical (unpaired) electrons. The smallest absolute Gasteiger partial charge is 0.407 e. The molecule has 0 bridgehead atoms. The van der Waals surface area contributed by atoms with Crippen molar-refractivity contribution in [2.24, 2.45) is 0 Å². The summed E-state index contributed by atoms with van der Waals surface area (Å²) < 4.78 is 5.27. The van der Waals surface area contributed by atoms with E-state index in [4.69, 9.17) is 16.3 Å². The lowest BCUT2D eigenvalue weighted by atomic mass is 9.87. The van der Waals surface area contributed by atoms with E-state index in [0.29, 0.717) is 5.56 Å². The van der Waals surface area contributed by atoms with Gasteiger partial charge in [0.1, 0.15) is 5.60 Å². The summed E-state index contributed by atoms with van der Waals surface area (Å²) in [4.78, 5) is 23.0. The first-order valence-electron chi connectivity index (χ1n) is 7.06. The summed E-state index contributed by atoms with van der Waals surface area (Å²) >= 11 is 5.49. The van der Waals surface area contributed by atoms with Crippen LogP contribution in [-0.2, 0) is 17.6 Å². The fourth-order valence-corrected chi connectivity index (χ4v) is 2.59. The number of benzene rings is 1. The second kappa shape index (κ2) is 6.06. The van der Waals surface area contributed by atoms with Crippen LogP contribution in [0.15, 0.2) is 18.2 Å². The minimum Gasteiger partial charge on any atom is -0.444 e. The third-order valence-electron chi connectivity index (χ3n) is 3.38. The molecule has 0 saturated heterocycles. The summed E-state index contributed by atoms with van der Waals surface area (Å²) in [5.74, 6) is 0. The zero-order valence-corrected chi connectivity index (χ0v) is 13.3. The molecule has 0 fully saturated rings. The molecule has 2 rings (SSSR count). The van der Waals surface area contributed by atoms with Crippen molar-refractivity contribution in [1.29, 1.82) is 0 Å². The van der Waals surface area contributed by atoms with E-state index in [1.165, 1.54) is 0 Å². The zero-order chi connectivity index (χ0) is 15.6. The number of rotatable bonds is 2. The Bertz CT molecular complexity index is 563. The molecule has 1 unspecified atom stereocenters. The van der Waals surface area contributed by atoms with Crippen molar-refractivity contribution < 1.29 is 14.3 Å². The van der Waals surface area contributed by atoms with Crippen molar-refractivity contribution in [3.63, 3.8) is 0 Å². The predicted molar refractivity (Wildman–Crippen MR) is 81.8 cm³/mol. The lowest BCUT2D eigenvalue weighted by molar-refractivity contribution is 0.0500. The maximum absolute atomic E-state index is 11.8. The van der Waals surface area contributed by atoms with Crippen LogP contribution >= 0.6 is 11.6 Å². The average molecular weight is 310 g/mol. The molecule has 1 aromatic carbocycles. The standard InChI is InChI=1S/C16H20ClNO3/c1-16(2,3)21-15(20)18-13-7-6-10-8-12(14(17)19)5-4-11(10)9-13/h4-5,8,13H,6-7,9H2,1-3H3,(H,18,20). The molecule has 1 aromatic rings. The van der Waals surface area contributed by atoms with Crippen LogP contribution in [0.1, 0.15) is 48.7 Å². The summed E-state index contributed by atoms with van der Waals surface area (Å²) in [6.07, 6.45) is 1.99. The highest BCUT2D eigenvalue weighted by Gasteiger charge is 2.23. The molecular weight excluding hydrogens is 290 g/mol.